The van der Waals surface area contributed by atoms with Crippen LogP contribution in [0.25, 0.3) is 17.4 Å². The van der Waals surface area contributed by atoms with Crippen molar-refractivity contribution in [1.82, 2.24) is 4.57 Å². The van der Waals surface area contributed by atoms with Gasteiger partial charge in [0.2, 0.25) is 0 Å². The summed E-state index contributed by atoms with van der Waals surface area (Å²) in [7, 11) is 3.04. The molecule has 10 nitrogen and oxygen atoms in total. The Morgan fingerprint density at radius 3 is 2.32 bits per heavy atom. The van der Waals surface area contributed by atoms with E-state index in [-0.39, 0.29) is 17.7 Å². The highest BCUT2D eigenvalue weighted by atomic mass is 79.9. The normalized spacial score (nSPS) is 14.6. The van der Waals surface area contributed by atoms with Gasteiger partial charge in [0.25, 0.3) is 5.56 Å². The first-order chi connectivity index (χ1) is 21.2. The third-order valence-corrected chi connectivity index (χ3v) is 8.56. The lowest BCUT2D eigenvalue weighted by molar-refractivity contribution is -0.139. The molecule has 1 aliphatic rings. The summed E-state index contributed by atoms with van der Waals surface area (Å²) >= 11 is 4.79. The monoisotopic (exact) mass is 680 g/mol. The van der Waals surface area contributed by atoms with E-state index in [0.717, 1.165) is 5.56 Å². The van der Waals surface area contributed by atoms with E-state index in [0.29, 0.717) is 60.3 Å². The van der Waals surface area contributed by atoms with Crippen LogP contribution in [-0.4, -0.2) is 43.9 Å². The van der Waals surface area contributed by atoms with Gasteiger partial charge in [-0.25, -0.2) is 14.6 Å². The van der Waals surface area contributed by atoms with E-state index in [1.807, 2.05) is 0 Å². The highest BCUT2D eigenvalue weighted by Gasteiger charge is 2.35. The Morgan fingerprint density at radius 1 is 1.00 bits per heavy atom. The van der Waals surface area contributed by atoms with Gasteiger partial charge in [-0.15, -0.1) is 0 Å². The van der Waals surface area contributed by atoms with Crippen LogP contribution in [0.2, 0.25) is 0 Å². The summed E-state index contributed by atoms with van der Waals surface area (Å²) in [5.74, 6) is 0.966. The van der Waals surface area contributed by atoms with Crippen LogP contribution in [0, 0.1) is 0 Å². The Hall–Kier alpha value is -4.42. The molecule has 1 atom stereocenters. The second-order valence-corrected chi connectivity index (χ2v) is 11.4. The standard InChI is InChI=1S/C32H29BrN2O8S/c1-6-41-30(37)19-10-8-18(9-11-19)23-13-12-20(43-23)14-26-29(36)35-28(21-15-24(39-4)25(40-5)16-22(21)33)27(31(38)42-7-2)17(3)34-32(35)44-26/h8-16,28H,6-7H2,1-5H3/b26-14-/t28-/m1/s1. The van der Waals surface area contributed by atoms with Crippen molar-refractivity contribution in [1.29, 1.82) is 0 Å². The Bertz CT molecular complexity index is 1950. The Kier molecular flexibility index (Phi) is 9.21. The van der Waals surface area contributed by atoms with Gasteiger partial charge in [0.1, 0.15) is 11.5 Å². The number of ether oxygens (including phenoxy) is 4. The lowest BCUT2D eigenvalue weighted by Crippen LogP contribution is -2.40. The van der Waals surface area contributed by atoms with Gasteiger partial charge in [0, 0.05) is 16.1 Å². The van der Waals surface area contributed by atoms with E-state index in [1.165, 1.54) is 30.1 Å². The fourth-order valence-corrected chi connectivity index (χ4v) is 6.43. The zero-order valence-electron chi connectivity index (χ0n) is 24.6. The molecule has 0 spiro atoms. The Morgan fingerprint density at radius 2 is 1.66 bits per heavy atom. The molecule has 12 heteroatoms. The average Bonchev–Trinajstić information content (AvgIpc) is 3.60. The maximum absolute atomic E-state index is 14.0. The predicted octanol–water partition coefficient (Wildman–Crippen LogP) is 5.01. The van der Waals surface area contributed by atoms with Crippen molar-refractivity contribution >= 4 is 45.3 Å². The van der Waals surface area contributed by atoms with Crippen LogP contribution in [0.4, 0.5) is 0 Å². The number of thiazole rings is 1. The molecule has 0 amide bonds. The van der Waals surface area contributed by atoms with Crippen molar-refractivity contribution in [2.45, 2.75) is 26.8 Å². The maximum atomic E-state index is 14.0. The van der Waals surface area contributed by atoms with Gasteiger partial charge in [-0.2, -0.15) is 0 Å². The van der Waals surface area contributed by atoms with Crippen LogP contribution in [0.15, 0.2) is 78.5 Å². The van der Waals surface area contributed by atoms with Crippen LogP contribution in [0.1, 0.15) is 48.5 Å². The van der Waals surface area contributed by atoms with Crippen LogP contribution >= 0.6 is 27.3 Å². The number of fused-ring (bicyclic) bond motifs is 1. The van der Waals surface area contributed by atoms with Crippen LogP contribution in [0.3, 0.4) is 0 Å². The fraction of sp³-hybridized carbons (Fsp3) is 0.250. The zero-order valence-corrected chi connectivity index (χ0v) is 27.0. The number of furan rings is 1. The van der Waals surface area contributed by atoms with Crippen LogP contribution < -0.4 is 24.4 Å². The number of rotatable bonds is 9. The predicted molar refractivity (Wildman–Crippen MR) is 168 cm³/mol. The van der Waals surface area contributed by atoms with Gasteiger partial charge in [0.15, 0.2) is 16.3 Å². The van der Waals surface area contributed by atoms with Gasteiger partial charge >= 0.3 is 11.9 Å². The third kappa shape index (κ3) is 5.87. The molecule has 4 aromatic rings. The minimum Gasteiger partial charge on any atom is -0.493 e. The summed E-state index contributed by atoms with van der Waals surface area (Å²) in [6, 6.07) is 13.0. The molecule has 0 saturated carbocycles. The Balaban J connectivity index is 1.60. The highest BCUT2D eigenvalue weighted by molar-refractivity contribution is 9.10. The molecule has 5 rings (SSSR count). The number of nitrogens with zero attached hydrogens (tertiary/aromatic N) is 2. The molecule has 0 saturated heterocycles. The number of halogens is 1. The molecule has 44 heavy (non-hydrogen) atoms. The first kappa shape index (κ1) is 31.0. The summed E-state index contributed by atoms with van der Waals surface area (Å²) in [6.07, 6.45) is 1.64. The molecule has 0 bridgehead atoms. The molecule has 0 unspecified atom stereocenters. The van der Waals surface area contributed by atoms with Crippen molar-refractivity contribution in [3.63, 3.8) is 0 Å². The maximum Gasteiger partial charge on any atom is 0.338 e. The molecule has 228 valence electrons. The van der Waals surface area contributed by atoms with Gasteiger partial charge in [-0.05, 0) is 62.7 Å². The largest absolute Gasteiger partial charge is 0.493 e. The van der Waals surface area contributed by atoms with Gasteiger partial charge in [-0.3, -0.25) is 9.36 Å². The first-order valence-electron chi connectivity index (χ1n) is 13.7. The third-order valence-electron chi connectivity index (χ3n) is 6.90. The average molecular weight is 682 g/mol. The topological polar surface area (TPSA) is 119 Å². The lowest BCUT2D eigenvalue weighted by Gasteiger charge is -2.26. The van der Waals surface area contributed by atoms with Crippen LogP contribution in [0.5, 0.6) is 11.5 Å². The molecule has 0 fully saturated rings. The van der Waals surface area contributed by atoms with Crippen molar-refractivity contribution in [3.8, 4) is 22.8 Å². The van der Waals surface area contributed by atoms with Crippen molar-refractivity contribution < 1.29 is 33.0 Å². The number of esters is 2. The molecule has 2 aromatic carbocycles. The number of carbonyl (C=O) groups excluding carboxylic acids is 2. The second kappa shape index (κ2) is 13.1. The zero-order chi connectivity index (χ0) is 31.5. The van der Waals surface area contributed by atoms with Crippen molar-refractivity contribution in [2.24, 2.45) is 4.99 Å². The minimum atomic E-state index is -0.855. The molecular weight excluding hydrogens is 652 g/mol. The minimum absolute atomic E-state index is 0.159. The fourth-order valence-electron chi connectivity index (χ4n) is 4.86. The molecular formula is C32H29BrN2O8S. The molecule has 3 heterocycles. The summed E-state index contributed by atoms with van der Waals surface area (Å²) in [6.45, 7) is 5.65. The SMILES string of the molecule is CCOC(=O)C1=C(C)N=c2s/c(=C\c3ccc(-c4ccc(C(=O)OCC)cc4)o3)c(=O)n2[C@@H]1c1cc(OC)c(OC)cc1Br. The number of methoxy groups -OCH3 is 2. The first-order valence-corrected chi connectivity index (χ1v) is 15.3. The quantitative estimate of drug-likeness (QED) is 0.226. The van der Waals surface area contributed by atoms with Gasteiger partial charge < -0.3 is 23.4 Å². The highest BCUT2D eigenvalue weighted by Crippen LogP contribution is 2.40. The number of hydrogen-bond acceptors (Lipinski definition) is 10. The molecule has 0 aliphatic carbocycles. The number of benzene rings is 2. The summed E-state index contributed by atoms with van der Waals surface area (Å²) in [4.78, 5) is 44.3. The number of aromatic nitrogens is 1. The molecule has 1 aliphatic heterocycles. The van der Waals surface area contributed by atoms with E-state index in [9.17, 15) is 14.4 Å². The van der Waals surface area contributed by atoms with Gasteiger partial charge in [0.05, 0.1) is 54.8 Å². The van der Waals surface area contributed by atoms with Crippen LogP contribution in [-0.2, 0) is 14.3 Å². The molecule has 0 radical (unpaired) electrons. The smallest absolute Gasteiger partial charge is 0.338 e. The lowest BCUT2D eigenvalue weighted by atomic mass is 9.95. The number of hydrogen-bond donors (Lipinski definition) is 0. The second-order valence-electron chi connectivity index (χ2n) is 9.53. The van der Waals surface area contributed by atoms with Gasteiger partial charge in [-0.1, -0.05) is 39.4 Å². The molecule has 0 N–H and O–H groups in total. The van der Waals surface area contributed by atoms with Crippen molar-refractivity contribution in [2.75, 3.05) is 27.4 Å². The number of allylic oxidation sites excluding steroid dienone is 1. The van der Waals surface area contributed by atoms with E-state index < -0.39 is 18.0 Å². The summed E-state index contributed by atoms with van der Waals surface area (Å²) in [5, 5.41) is 0. The van der Waals surface area contributed by atoms with E-state index in [2.05, 4.69) is 20.9 Å². The Labute approximate surface area is 265 Å². The number of carbonyl (C=O) groups is 2. The van der Waals surface area contributed by atoms with E-state index in [1.54, 1.807) is 75.4 Å². The summed E-state index contributed by atoms with van der Waals surface area (Å²) in [5.41, 5.74) is 2.12. The van der Waals surface area contributed by atoms with Crippen molar-refractivity contribution in [3.05, 3.63) is 101 Å². The summed E-state index contributed by atoms with van der Waals surface area (Å²) < 4.78 is 29.9. The van der Waals surface area contributed by atoms with E-state index >= 15 is 0 Å². The molecule has 2 aromatic heterocycles. The van der Waals surface area contributed by atoms with E-state index in [4.69, 9.17) is 23.4 Å².